The summed E-state index contributed by atoms with van der Waals surface area (Å²) < 4.78 is 1.26. The van der Waals surface area contributed by atoms with E-state index < -0.39 is 0 Å². The van der Waals surface area contributed by atoms with Crippen LogP contribution < -0.4 is 16.2 Å². The van der Waals surface area contributed by atoms with Gasteiger partial charge in [0.25, 0.3) is 11.5 Å². The van der Waals surface area contributed by atoms with Gasteiger partial charge in [0, 0.05) is 18.3 Å². The monoisotopic (exact) mass is 350 g/mol. The number of para-hydroxylation sites is 1. The Morgan fingerprint density at radius 2 is 1.92 bits per heavy atom. The SMILES string of the molecule is CNC(=O)c1cccc(NC(=O)Cn2cnc3c(C)cccc3c2=O)c1. The van der Waals surface area contributed by atoms with Crippen LogP contribution in [-0.4, -0.2) is 28.4 Å². The summed E-state index contributed by atoms with van der Waals surface area (Å²) in [7, 11) is 1.54. The smallest absolute Gasteiger partial charge is 0.261 e. The van der Waals surface area contributed by atoms with Crippen molar-refractivity contribution < 1.29 is 9.59 Å². The van der Waals surface area contributed by atoms with Gasteiger partial charge in [0.05, 0.1) is 17.2 Å². The van der Waals surface area contributed by atoms with Crippen LogP contribution in [0.5, 0.6) is 0 Å². The Morgan fingerprint density at radius 3 is 2.69 bits per heavy atom. The molecule has 0 spiro atoms. The third-order valence-corrected chi connectivity index (χ3v) is 4.00. The molecule has 0 bridgehead atoms. The molecule has 0 aliphatic heterocycles. The number of hydrogen-bond acceptors (Lipinski definition) is 4. The zero-order chi connectivity index (χ0) is 18.7. The predicted molar refractivity (Wildman–Crippen MR) is 99.2 cm³/mol. The molecule has 7 heteroatoms. The molecule has 0 saturated heterocycles. The van der Waals surface area contributed by atoms with Crippen molar-refractivity contribution in [2.24, 2.45) is 0 Å². The number of nitrogens with one attached hydrogen (secondary N) is 2. The normalized spacial score (nSPS) is 10.5. The maximum absolute atomic E-state index is 12.5. The number of benzene rings is 2. The number of amides is 2. The first-order valence-electron chi connectivity index (χ1n) is 8.06. The van der Waals surface area contributed by atoms with E-state index in [1.54, 1.807) is 36.4 Å². The number of carbonyl (C=O) groups is 2. The predicted octanol–water partition coefficient (Wildman–Crippen LogP) is 1.70. The molecule has 132 valence electrons. The second-order valence-electron chi connectivity index (χ2n) is 5.86. The molecule has 0 unspecified atom stereocenters. The fourth-order valence-electron chi connectivity index (χ4n) is 2.69. The summed E-state index contributed by atoms with van der Waals surface area (Å²) in [6.45, 7) is 1.71. The van der Waals surface area contributed by atoms with Crippen LogP contribution in [0.4, 0.5) is 5.69 Å². The number of carbonyl (C=O) groups excluding carboxylic acids is 2. The van der Waals surface area contributed by atoms with E-state index >= 15 is 0 Å². The van der Waals surface area contributed by atoms with Gasteiger partial charge in [-0.2, -0.15) is 0 Å². The van der Waals surface area contributed by atoms with E-state index in [1.807, 2.05) is 13.0 Å². The molecule has 3 aromatic rings. The number of hydrogen-bond donors (Lipinski definition) is 2. The van der Waals surface area contributed by atoms with Crippen molar-refractivity contribution in [2.45, 2.75) is 13.5 Å². The van der Waals surface area contributed by atoms with Crippen molar-refractivity contribution in [1.29, 1.82) is 0 Å². The summed E-state index contributed by atoms with van der Waals surface area (Å²) in [6.07, 6.45) is 1.37. The van der Waals surface area contributed by atoms with Crippen molar-refractivity contribution in [3.63, 3.8) is 0 Å². The third kappa shape index (κ3) is 3.46. The van der Waals surface area contributed by atoms with Crippen LogP contribution in [0.1, 0.15) is 15.9 Å². The lowest BCUT2D eigenvalue weighted by Crippen LogP contribution is -2.28. The zero-order valence-corrected chi connectivity index (χ0v) is 14.4. The molecule has 1 aromatic heterocycles. The summed E-state index contributed by atoms with van der Waals surface area (Å²) in [5.74, 6) is -0.624. The van der Waals surface area contributed by atoms with Gasteiger partial charge in [0.15, 0.2) is 0 Å². The van der Waals surface area contributed by atoms with Crippen LogP contribution in [0.25, 0.3) is 10.9 Å². The van der Waals surface area contributed by atoms with Crippen molar-refractivity contribution in [1.82, 2.24) is 14.9 Å². The van der Waals surface area contributed by atoms with Crippen molar-refractivity contribution >= 4 is 28.4 Å². The molecule has 26 heavy (non-hydrogen) atoms. The highest BCUT2D eigenvalue weighted by Crippen LogP contribution is 2.12. The van der Waals surface area contributed by atoms with Crippen LogP contribution in [0.15, 0.2) is 53.6 Å². The first-order chi connectivity index (χ1) is 12.5. The summed E-state index contributed by atoms with van der Waals surface area (Å²) in [6, 6.07) is 11.9. The summed E-state index contributed by atoms with van der Waals surface area (Å²) in [4.78, 5) is 40.8. The van der Waals surface area contributed by atoms with Gasteiger partial charge in [0.1, 0.15) is 6.54 Å². The topological polar surface area (TPSA) is 93.1 Å². The minimum Gasteiger partial charge on any atom is -0.355 e. The molecule has 0 saturated carbocycles. The highest BCUT2D eigenvalue weighted by atomic mass is 16.2. The quantitative estimate of drug-likeness (QED) is 0.749. The van der Waals surface area contributed by atoms with Gasteiger partial charge in [0.2, 0.25) is 5.91 Å². The Kier molecular flexibility index (Phi) is 4.79. The molecule has 7 nitrogen and oxygen atoms in total. The lowest BCUT2D eigenvalue weighted by atomic mass is 10.1. The van der Waals surface area contributed by atoms with E-state index in [2.05, 4.69) is 15.6 Å². The van der Waals surface area contributed by atoms with Gasteiger partial charge in [-0.3, -0.25) is 19.0 Å². The van der Waals surface area contributed by atoms with E-state index in [9.17, 15) is 14.4 Å². The van der Waals surface area contributed by atoms with E-state index in [0.29, 0.717) is 22.2 Å². The highest BCUT2D eigenvalue weighted by Gasteiger charge is 2.10. The molecule has 0 fully saturated rings. The third-order valence-electron chi connectivity index (χ3n) is 4.00. The molecule has 0 aliphatic carbocycles. The number of aromatic nitrogens is 2. The lowest BCUT2D eigenvalue weighted by molar-refractivity contribution is -0.116. The molecule has 0 radical (unpaired) electrons. The van der Waals surface area contributed by atoms with E-state index in [-0.39, 0.29) is 23.9 Å². The fraction of sp³-hybridized carbons (Fsp3) is 0.158. The number of fused-ring (bicyclic) bond motifs is 1. The maximum Gasteiger partial charge on any atom is 0.261 e. The van der Waals surface area contributed by atoms with Crippen molar-refractivity contribution in [3.8, 4) is 0 Å². The summed E-state index contributed by atoms with van der Waals surface area (Å²) in [5.41, 5.74) is 2.18. The number of rotatable bonds is 4. The maximum atomic E-state index is 12.5. The Balaban J connectivity index is 1.81. The van der Waals surface area contributed by atoms with Gasteiger partial charge < -0.3 is 10.6 Å². The van der Waals surface area contributed by atoms with Crippen LogP contribution in [0.2, 0.25) is 0 Å². The van der Waals surface area contributed by atoms with Gasteiger partial charge in [-0.15, -0.1) is 0 Å². The minimum atomic E-state index is -0.380. The number of nitrogens with zero attached hydrogens (tertiary/aromatic N) is 2. The summed E-state index contributed by atoms with van der Waals surface area (Å²) in [5, 5.41) is 5.69. The van der Waals surface area contributed by atoms with Crippen LogP contribution >= 0.6 is 0 Å². The first kappa shape index (κ1) is 17.3. The number of anilines is 1. The van der Waals surface area contributed by atoms with Crippen molar-refractivity contribution in [3.05, 3.63) is 70.3 Å². The molecule has 2 N–H and O–H groups in total. The lowest BCUT2D eigenvalue weighted by Gasteiger charge is -2.09. The molecule has 3 rings (SSSR count). The van der Waals surface area contributed by atoms with Crippen LogP contribution in [0.3, 0.4) is 0 Å². The Morgan fingerprint density at radius 1 is 1.15 bits per heavy atom. The standard InChI is InChI=1S/C19H18N4O3/c1-12-5-3-8-15-17(12)21-11-23(19(15)26)10-16(24)22-14-7-4-6-13(9-14)18(25)20-2/h3-9,11H,10H2,1-2H3,(H,20,25)(H,22,24). The van der Waals surface area contributed by atoms with Crippen LogP contribution in [0, 0.1) is 6.92 Å². The molecule has 0 aliphatic rings. The molecule has 1 heterocycles. The molecular weight excluding hydrogens is 332 g/mol. The Hall–Kier alpha value is -3.48. The van der Waals surface area contributed by atoms with E-state index in [4.69, 9.17) is 0 Å². The van der Waals surface area contributed by atoms with Crippen molar-refractivity contribution in [2.75, 3.05) is 12.4 Å². The fourth-order valence-corrected chi connectivity index (χ4v) is 2.69. The molecular formula is C19H18N4O3. The van der Waals surface area contributed by atoms with Gasteiger partial charge >= 0.3 is 0 Å². The minimum absolute atomic E-state index is 0.167. The van der Waals surface area contributed by atoms with E-state index in [0.717, 1.165) is 5.56 Å². The van der Waals surface area contributed by atoms with Gasteiger partial charge in [-0.1, -0.05) is 18.2 Å². The van der Waals surface area contributed by atoms with Crippen LogP contribution in [-0.2, 0) is 11.3 Å². The average Bonchev–Trinajstić information content (AvgIpc) is 2.64. The molecule has 2 amide bonds. The second-order valence-corrected chi connectivity index (χ2v) is 5.86. The second kappa shape index (κ2) is 7.18. The molecule has 2 aromatic carbocycles. The molecule has 0 atom stereocenters. The first-order valence-corrected chi connectivity index (χ1v) is 8.06. The zero-order valence-electron chi connectivity index (χ0n) is 14.4. The van der Waals surface area contributed by atoms with Gasteiger partial charge in [-0.05, 0) is 36.8 Å². The average molecular weight is 350 g/mol. The van der Waals surface area contributed by atoms with E-state index in [1.165, 1.54) is 17.9 Å². The largest absolute Gasteiger partial charge is 0.355 e. The summed E-state index contributed by atoms with van der Waals surface area (Å²) >= 11 is 0. The number of aryl methyl sites for hydroxylation is 1. The Bertz CT molecular complexity index is 1060. The Labute approximate surface area is 149 Å². The van der Waals surface area contributed by atoms with Gasteiger partial charge in [-0.25, -0.2) is 4.98 Å². The highest BCUT2D eigenvalue weighted by molar-refractivity contribution is 5.97.